The van der Waals surface area contributed by atoms with Crippen molar-refractivity contribution in [1.29, 1.82) is 0 Å². The highest BCUT2D eigenvalue weighted by Crippen LogP contribution is 2.35. The number of nitrogens with two attached hydrogens (primary N) is 1. The number of nitrogens with zero attached hydrogens (tertiary/aromatic N) is 4. The number of aryl methyl sites for hydroxylation is 2. The zero-order valence-electron chi connectivity index (χ0n) is 12.2. The van der Waals surface area contributed by atoms with Gasteiger partial charge in [-0.25, -0.2) is 0 Å². The molecule has 0 aromatic carbocycles. The maximum atomic E-state index is 9.05. The van der Waals surface area contributed by atoms with E-state index < -0.39 is 0 Å². The van der Waals surface area contributed by atoms with Crippen molar-refractivity contribution >= 4 is 23.0 Å². The SMILES string of the molecule is Cc1nn(C)c(N(Cc2ccsc2)C2CC2)c1C(N)=NO. The van der Waals surface area contributed by atoms with Crippen LogP contribution in [0.2, 0.25) is 0 Å². The molecule has 0 aliphatic heterocycles. The third-order valence-electron chi connectivity index (χ3n) is 3.75. The van der Waals surface area contributed by atoms with Crippen molar-refractivity contribution in [2.45, 2.75) is 32.4 Å². The van der Waals surface area contributed by atoms with Gasteiger partial charge in [0, 0.05) is 19.6 Å². The number of anilines is 1. The van der Waals surface area contributed by atoms with E-state index in [0.717, 1.165) is 23.6 Å². The van der Waals surface area contributed by atoms with Gasteiger partial charge in [0.15, 0.2) is 5.84 Å². The summed E-state index contributed by atoms with van der Waals surface area (Å²) in [6, 6.07) is 2.64. The Kier molecular flexibility index (Phi) is 3.59. The van der Waals surface area contributed by atoms with Gasteiger partial charge in [-0.3, -0.25) is 4.68 Å². The van der Waals surface area contributed by atoms with Crippen LogP contribution in [0.15, 0.2) is 22.0 Å². The number of hydrogen-bond donors (Lipinski definition) is 2. The highest BCUT2D eigenvalue weighted by Gasteiger charge is 2.34. The lowest BCUT2D eigenvalue weighted by Gasteiger charge is -2.25. The molecular weight excluding hydrogens is 286 g/mol. The normalized spacial score (nSPS) is 15.4. The molecule has 1 saturated carbocycles. The van der Waals surface area contributed by atoms with E-state index in [-0.39, 0.29) is 5.84 Å². The molecule has 0 unspecified atom stereocenters. The summed E-state index contributed by atoms with van der Waals surface area (Å²) in [4.78, 5) is 2.31. The summed E-state index contributed by atoms with van der Waals surface area (Å²) in [6.07, 6.45) is 2.34. The number of hydrogen-bond acceptors (Lipinski definition) is 5. The van der Waals surface area contributed by atoms with Gasteiger partial charge < -0.3 is 15.8 Å². The Balaban J connectivity index is 2.03. The monoisotopic (exact) mass is 305 g/mol. The molecule has 0 spiro atoms. The van der Waals surface area contributed by atoms with Crippen LogP contribution in [0, 0.1) is 6.92 Å². The fourth-order valence-corrected chi connectivity index (χ4v) is 3.33. The minimum Gasteiger partial charge on any atom is -0.409 e. The van der Waals surface area contributed by atoms with Gasteiger partial charge in [-0.05, 0) is 42.2 Å². The predicted octanol–water partition coefficient (Wildman–Crippen LogP) is 2.05. The molecule has 0 radical (unpaired) electrons. The van der Waals surface area contributed by atoms with Gasteiger partial charge in [-0.15, -0.1) is 0 Å². The second kappa shape index (κ2) is 5.40. The highest BCUT2D eigenvalue weighted by molar-refractivity contribution is 7.07. The first kappa shape index (κ1) is 13.9. The van der Waals surface area contributed by atoms with Crippen LogP contribution in [0.4, 0.5) is 5.82 Å². The maximum Gasteiger partial charge on any atom is 0.175 e. The molecule has 3 rings (SSSR count). The smallest absolute Gasteiger partial charge is 0.175 e. The Morgan fingerprint density at radius 2 is 2.38 bits per heavy atom. The van der Waals surface area contributed by atoms with E-state index in [2.05, 4.69) is 32.0 Å². The summed E-state index contributed by atoms with van der Waals surface area (Å²) >= 11 is 1.70. The molecule has 2 aromatic rings. The second-order valence-corrected chi connectivity index (χ2v) is 6.16. The van der Waals surface area contributed by atoms with Crippen molar-refractivity contribution in [2.24, 2.45) is 17.9 Å². The summed E-state index contributed by atoms with van der Waals surface area (Å²) in [6.45, 7) is 2.70. The molecule has 112 valence electrons. The van der Waals surface area contributed by atoms with Crippen molar-refractivity contribution in [3.05, 3.63) is 33.6 Å². The first-order chi connectivity index (χ1) is 10.1. The van der Waals surface area contributed by atoms with Crippen molar-refractivity contribution in [1.82, 2.24) is 9.78 Å². The molecule has 2 aromatic heterocycles. The molecule has 3 N–H and O–H groups in total. The Morgan fingerprint density at radius 1 is 1.62 bits per heavy atom. The van der Waals surface area contributed by atoms with Crippen LogP contribution in [0.3, 0.4) is 0 Å². The van der Waals surface area contributed by atoms with Crippen molar-refractivity contribution in [2.75, 3.05) is 4.90 Å². The van der Waals surface area contributed by atoms with Gasteiger partial charge in [0.2, 0.25) is 0 Å². The van der Waals surface area contributed by atoms with E-state index in [9.17, 15) is 0 Å². The lowest BCUT2D eigenvalue weighted by Crippen LogP contribution is -2.29. The Morgan fingerprint density at radius 3 is 2.95 bits per heavy atom. The molecule has 1 aliphatic rings. The van der Waals surface area contributed by atoms with Gasteiger partial charge >= 0.3 is 0 Å². The molecule has 1 fully saturated rings. The lowest BCUT2D eigenvalue weighted by atomic mass is 10.2. The molecule has 21 heavy (non-hydrogen) atoms. The van der Waals surface area contributed by atoms with Gasteiger partial charge in [-0.2, -0.15) is 16.4 Å². The third kappa shape index (κ3) is 2.61. The van der Waals surface area contributed by atoms with E-state index in [4.69, 9.17) is 10.9 Å². The van der Waals surface area contributed by atoms with Crippen LogP contribution in [0.1, 0.15) is 29.7 Å². The van der Waals surface area contributed by atoms with Crippen molar-refractivity contribution < 1.29 is 5.21 Å². The van der Waals surface area contributed by atoms with Gasteiger partial charge in [0.1, 0.15) is 5.82 Å². The van der Waals surface area contributed by atoms with Crippen LogP contribution in [-0.4, -0.2) is 26.9 Å². The summed E-state index contributed by atoms with van der Waals surface area (Å²) in [5.74, 6) is 1.04. The largest absolute Gasteiger partial charge is 0.409 e. The van der Waals surface area contributed by atoms with Crippen LogP contribution >= 0.6 is 11.3 Å². The van der Waals surface area contributed by atoms with Crippen LogP contribution in [0.25, 0.3) is 0 Å². The predicted molar refractivity (Wildman–Crippen MR) is 84.0 cm³/mol. The maximum absolute atomic E-state index is 9.05. The number of oxime groups is 1. The molecule has 0 saturated heterocycles. The summed E-state index contributed by atoms with van der Waals surface area (Å²) in [5.41, 5.74) is 8.64. The minimum absolute atomic E-state index is 0.117. The van der Waals surface area contributed by atoms with E-state index in [1.165, 1.54) is 18.4 Å². The lowest BCUT2D eigenvalue weighted by molar-refractivity contribution is 0.318. The number of thiophene rings is 1. The first-order valence-corrected chi connectivity index (χ1v) is 7.85. The van der Waals surface area contributed by atoms with E-state index in [0.29, 0.717) is 6.04 Å². The minimum atomic E-state index is 0.117. The molecule has 2 heterocycles. The Bertz CT molecular complexity index is 657. The van der Waals surface area contributed by atoms with Crippen LogP contribution in [0.5, 0.6) is 0 Å². The van der Waals surface area contributed by atoms with E-state index in [1.807, 2.05) is 18.7 Å². The molecule has 0 amide bonds. The average molecular weight is 305 g/mol. The van der Waals surface area contributed by atoms with Crippen molar-refractivity contribution in [3.63, 3.8) is 0 Å². The Labute approximate surface area is 127 Å². The van der Waals surface area contributed by atoms with E-state index >= 15 is 0 Å². The molecule has 1 aliphatic carbocycles. The third-order valence-corrected chi connectivity index (χ3v) is 4.48. The number of amidine groups is 1. The summed E-state index contributed by atoms with van der Waals surface area (Å²) < 4.78 is 1.83. The molecule has 6 nitrogen and oxygen atoms in total. The second-order valence-electron chi connectivity index (χ2n) is 5.38. The first-order valence-electron chi connectivity index (χ1n) is 6.91. The fourth-order valence-electron chi connectivity index (χ4n) is 2.67. The summed E-state index contributed by atoms with van der Waals surface area (Å²) in [7, 11) is 1.90. The van der Waals surface area contributed by atoms with Gasteiger partial charge in [0.25, 0.3) is 0 Å². The average Bonchev–Trinajstić information content (AvgIpc) is 3.09. The fraction of sp³-hybridized carbons (Fsp3) is 0.429. The van der Waals surface area contributed by atoms with Crippen molar-refractivity contribution in [3.8, 4) is 0 Å². The van der Waals surface area contributed by atoms with Crippen LogP contribution in [-0.2, 0) is 13.6 Å². The summed E-state index contributed by atoms with van der Waals surface area (Å²) in [5, 5.41) is 20.9. The zero-order valence-corrected chi connectivity index (χ0v) is 13.0. The molecule has 7 heteroatoms. The molecule has 0 atom stereocenters. The quantitative estimate of drug-likeness (QED) is 0.383. The van der Waals surface area contributed by atoms with E-state index in [1.54, 1.807) is 11.3 Å². The highest BCUT2D eigenvalue weighted by atomic mass is 32.1. The Hall–Kier alpha value is -2.02. The standard InChI is InChI=1S/C14H19N5OS/c1-9-12(13(15)17-20)14(18(2)16-9)19(11-3-4-11)7-10-5-6-21-8-10/h5-6,8,11,20H,3-4,7H2,1-2H3,(H2,15,17). The zero-order chi connectivity index (χ0) is 15.0. The van der Waals surface area contributed by atoms with Crippen LogP contribution < -0.4 is 10.6 Å². The number of aromatic nitrogens is 2. The molecule has 0 bridgehead atoms. The molecular formula is C14H19N5OS. The van der Waals surface area contributed by atoms with Gasteiger partial charge in [-0.1, -0.05) is 5.16 Å². The topological polar surface area (TPSA) is 79.7 Å². The number of rotatable bonds is 5. The van der Waals surface area contributed by atoms with Gasteiger partial charge in [0.05, 0.1) is 11.3 Å².